The Bertz CT molecular complexity index is 991. The van der Waals surface area contributed by atoms with Crippen molar-refractivity contribution in [3.63, 3.8) is 0 Å². The monoisotopic (exact) mass is 369 g/mol. The summed E-state index contributed by atoms with van der Waals surface area (Å²) in [5, 5.41) is 3.93. The van der Waals surface area contributed by atoms with Crippen LogP contribution >= 0.6 is 0 Å². The van der Waals surface area contributed by atoms with Gasteiger partial charge in [-0.2, -0.15) is 0 Å². The Morgan fingerprint density at radius 2 is 1.89 bits per heavy atom. The molecule has 27 heavy (non-hydrogen) atoms. The van der Waals surface area contributed by atoms with E-state index in [9.17, 15) is 13.6 Å². The highest BCUT2D eigenvalue weighted by Crippen LogP contribution is 2.49. The van der Waals surface area contributed by atoms with Gasteiger partial charge in [0.05, 0.1) is 11.6 Å². The van der Waals surface area contributed by atoms with Crippen molar-refractivity contribution in [1.82, 2.24) is 5.16 Å². The third-order valence-corrected chi connectivity index (χ3v) is 4.85. The second-order valence-electron chi connectivity index (χ2n) is 6.76. The van der Waals surface area contributed by atoms with Gasteiger partial charge in [0, 0.05) is 11.5 Å². The molecule has 1 aliphatic carbocycles. The molecular weight excluding hydrogens is 352 g/mol. The number of carbonyl (C=O) groups excluding carboxylic acids is 1. The van der Waals surface area contributed by atoms with E-state index in [1.54, 1.807) is 12.1 Å². The normalized spacial score (nSPS) is 18.4. The highest BCUT2D eigenvalue weighted by molar-refractivity contribution is 5.80. The van der Waals surface area contributed by atoms with Crippen LogP contribution in [0.4, 0.5) is 8.78 Å². The van der Waals surface area contributed by atoms with Gasteiger partial charge in [-0.3, -0.25) is 4.79 Å². The van der Waals surface area contributed by atoms with Crippen molar-refractivity contribution in [2.75, 3.05) is 0 Å². The molecule has 0 saturated heterocycles. The Morgan fingerprint density at radius 3 is 2.56 bits per heavy atom. The van der Waals surface area contributed by atoms with Gasteiger partial charge in [0.25, 0.3) is 0 Å². The van der Waals surface area contributed by atoms with Crippen molar-refractivity contribution in [1.29, 1.82) is 0 Å². The van der Waals surface area contributed by atoms with Crippen LogP contribution in [0.2, 0.25) is 0 Å². The van der Waals surface area contributed by atoms with E-state index in [1.165, 1.54) is 0 Å². The van der Waals surface area contributed by atoms with Crippen molar-refractivity contribution in [3.05, 3.63) is 71.1 Å². The third-order valence-electron chi connectivity index (χ3n) is 4.85. The van der Waals surface area contributed by atoms with Crippen LogP contribution in [0, 0.1) is 31.4 Å². The number of aromatic nitrogens is 1. The molecule has 0 aliphatic heterocycles. The number of benzene rings is 2. The number of hydrogen-bond donors (Lipinski definition) is 0. The molecule has 0 radical (unpaired) electrons. The number of aryl methyl sites for hydroxylation is 2. The van der Waals surface area contributed by atoms with E-state index in [2.05, 4.69) is 5.16 Å². The van der Waals surface area contributed by atoms with Gasteiger partial charge in [-0.25, -0.2) is 8.78 Å². The number of nitrogens with zero attached hydrogens (tertiary/aromatic N) is 1. The molecule has 6 heteroatoms. The van der Waals surface area contributed by atoms with E-state index < -0.39 is 23.5 Å². The SMILES string of the molecule is Cc1noc(C)c1-c1ccc(OC(=O)[C@@H]2C[C@H]2c2cc(F)ccc2F)cc1. The topological polar surface area (TPSA) is 52.3 Å². The zero-order valence-electron chi connectivity index (χ0n) is 14.8. The van der Waals surface area contributed by atoms with E-state index in [0.717, 1.165) is 40.8 Å². The van der Waals surface area contributed by atoms with Gasteiger partial charge in [-0.15, -0.1) is 0 Å². The maximum absolute atomic E-state index is 13.8. The lowest BCUT2D eigenvalue weighted by Gasteiger charge is -2.06. The molecule has 3 aromatic rings. The van der Waals surface area contributed by atoms with Crippen molar-refractivity contribution in [2.24, 2.45) is 5.92 Å². The smallest absolute Gasteiger partial charge is 0.314 e. The minimum Gasteiger partial charge on any atom is -0.426 e. The molecule has 4 rings (SSSR count). The first-order chi connectivity index (χ1) is 12.9. The van der Waals surface area contributed by atoms with Crippen LogP contribution in [-0.2, 0) is 4.79 Å². The summed E-state index contributed by atoms with van der Waals surface area (Å²) in [4.78, 5) is 12.3. The summed E-state index contributed by atoms with van der Waals surface area (Å²) in [6, 6.07) is 10.3. The molecule has 138 valence electrons. The van der Waals surface area contributed by atoms with Gasteiger partial charge in [0.1, 0.15) is 23.1 Å². The minimum absolute atomic E-state index is 0.228. The highest BCUT2D eigenvalue weighted by Gasteiger charge is 2.46. The van der Waals surface area contributed by atoms with Crippen molar-refractivity contribution < 1.29 is 22.8 Å². The van der Waals surface area contributed by atoms with Crippen molar-refractivity contribution >= 4 is 5.97 Å². The standard InChI is InChI=1S/C21H17F2NO3/c1-11-20(12(2)27-24-11)13-3-6-15(7-4-13)26-21(25)18-10-16(18)17-9-14(22)5-8-19(17)23/h3-9,16,18H,10H2,1-2H3/t16-,18+/m0/s1. The van der Waals surface area contributed by atoms with Crippen LogP contribution in [0.5, 0.6) is 5.75 Å². The second kappa shape index (κ2) is 6.61. The molecular formula is C21H17F2NO3. The largest absolute Gasteiger partial charge is 0.426 e. The Kier molecular flexibility index (Phi) is 4.26. The fourth-order valence-corrected chi connectivity index (χ4v) is 3.37. The number of esters is 1. The molecule has 1 aromatic heterocycles. The first-order valence-corrected chi connectivity index (χ1v) is 8.64. The average molecular weight is 369 g/mol. The predicted molar refractivity (Wildman–Crippen MR) is 94.3 cm³/mol. The summed E-state index contributed by atoms with van der Waals surface area (Å²) >= 11 is 0. The predicted octanol–water partition coefficient (Wildman–Crippen LogP) is 4.95. The summed E-state index contributed by atoms with van der Waals surface area (Å²) in [7, 11) is 0. The zero-order chi connectivity index (χ0) is 19.1. The number of hydrogen-bond acceptors (Lipinski definition) is 4. The summed E-state index contributed by atoms with van der Waals surface area (Å²) in [6.07, 6.45) is 0.455. The molecule has 0 bridgehead atoms. The van der Waals surface area contributed by atoms with E-state index in [-0.39, 0.29) is 11.5 Å². The third kappa shape index (κ3) is 3.35. The molecule has 0 N–H and O–H groups in total. The molecule has 2 atom stereocenters. The molecule has 4 nitrogen and oxygen atoms in total. The van der Waals surface area contributed by atoms with Gasteiger partial charge >= 0.3 is 5.97 Å². The maximum atomic E-state index is 13.8. The van der Waals surface area contributed by atoms with Crippen molar-refractivity contribution in [2.45, 2.75) is 26.2 Å². The summed E-state index contributed by atoms with van der Waals surface area (Å²) < 4.78 is 37.7. The van der Waals surface area contributed by atoms with E-state index in [0.29, 0.717) is 12.2 Å². The van der Waals surface area contributed by atoms with Crippen LogP contribution in [0.1, 0.15) is 29.4 Å². The molecule has 1 heterocycles. The van der Waals surface area contributed by atoms with Gasteiger partial charge in [-0.05, 0) is 61.7 Å². The summed E-state index contributed by atoms with van der Waals surface area (Å²) in [6.45, 7) is 3.70. The Morgan fingerprint density at radius 1 is 1.15 bits per heavy atom. The Hall–Kier alpha value is -3.02. The lowest BCUT2D eigenvalue weighted by atomic mass is 10.0. The quantitative estimate of drug-likeness (QED) is 0.483. The van der Waals surface area contributed by atoms with Crippen LogP contribution in [0.3, 0.4) is 0 Å². The van der Waals surface area contributed by atoms with Crippen LogP contribution < -0.4 is 4.74 Å². The van der Waals surface area contributed by atoms with E-state index in [1.807, 2.05) is 26.0 Å². The molecule has 0 unspecified atom stereocenters. The number of carbonyl (C=O) groups is 1. The van der Waals surface area contributed by atoms with Gasteiger partial charge in [0.15, 0.2) is 0 Å². The summed E-state index contributed by atoms with van der Waals surface area (Å²) in [5.74, 6) is -1.12. The number of halogens is 2. The first kappa shape index (κ1) is 17.4. The lowest BCUT2D eigenvalue weighted by molar-refractivity contribution is -0.135. The van der Waals surface area contributed by atoms with Crippen LogP contribution in [0.25, 0.3) is 11.1 Å². The Labute approximate surface area is 154 Å². The number of rotatable bonds is 4. The fourth-order valence-electron chi connectivity index (χ4n) is 3.37. The van der Waals surface area contributed by atoms with E-state index in [4.69, 9.17) is 9.26 Å². The molecule has 0 spiro atoms. The minimum atomic E-state index is -0.514. The van der Waals surface area contributed by atoms with Crippen molar-refractivity contribution in [3.8, 4) is 16.9 Å². The maximum Gasteiger partial charge on any atom is 0.314 e. The van der Waals surface area contributed by atoms with Gasteiger partial charge in [0.2, 0.25) is 0 Å². The molecule has 1 aliphatic rings. The van der Waals surface area contributed by atoms with Crippen LogP contribution in [0.15, 0.2) is 47.0 Å². The fraction of sp³-hybridized carbons (Fsp3) is 0.238. The molecule has 2 aromatic carbocycles. The second-order valence-corrected chi connectivity index (χ2v) is 6.76. The van der Waals surface area contributed by atoms with Crippen LogP contribution in [-0.4, -0.2) is 11.1 Å². The highest BCUT2D eigenvalue weighted by atomic mass is 19.1. The molecule has 1 fully saturated rings. The zero-order valence-corrected chi connectivity index (χ0v) is 14.8. The average Bonchev–Trinajstić information content (AvgIpc) is 3.37. The lowest BCUT2D eigenvalue weighted by Crippen LogP contribution is -2.11. The van der Waals surface area contributed by atoms with Gasteiger partial charge < -0.3 is 9.26 Å². The summed E-state index contributed by atoms with van der Waals surface area (Å²) in [5.41, 5.74) is 2.84. The first-order valence-electron chi connectivity index (χ1n) is 8.64. The molecule has 1 saturated carbocycles. The molecule has 0 amide bonds. The van der Waals surface area contributed by atoms with E-state index >= 15 is 0 Å². The van der Waals surface area contributed by atoms with Gasteiger partial charge in [-0.1, -0.05) is 17.3 Å². The Balaban J connectivity index is 1.44. The number of ether oxygens (including phenoxy) is 1.